The molecular formula is C19H22FNO3. The molecule has 2 aromatic carbocycles. The smallest absolute Gasteiger partial charge is 0.224 e. The molecule has 4 nitrogen and oxygen atoms in total. The number of carbonyl (C=O) groups is 1. The number of hydrogen-bond donors (Lipinski definition) is 2. The van der Waals surface area contributed by atoms with Crippen molar-refractivity contribution in [1.29, 1.82) is 0 Å². The van der Waals surface area contributed by atoms with Crippen molar-refractivity contribution < 1.29 is 19.0 Å². The lowest BCUT2D eigenvalue weighted by Crippen LogP contribution is -2.31. The number of halogens is 1. The van der Waals surface area contributed by atoms with Gasteiger partial charge >= 0.3 is 0 Å². The summed E-state index contributed by atoms with van der Waals surface area (Å²) in [6.07, 6.45) is -0.143. The van der Waals surface area contributed by atoms with Crippen LogP contribution >= 0.6 is 0 Å². The van der Waals surface area contributed by atoms with Crippen molar-refractivity contribution >= 4 is 5.91 Å². The number of carbonyl (C=O) groups excluding carboxylic acids is 1. The van der Waals surface area contributed by atoms with E-state index in [1.54, 1.807) is 12.1 Å². The first-order valence-corrected chi connectivity index (χ1v) is 7.88. The first kappa shape index (κ1) is 18.1. The minimum atomic E-state index is -0.324. The summed E-state index contributed by atoms with van der Waals surface area (Å²) in [5.74, 6) is -0.484. The van der Waals surface area contributed by atoms with Gasteiger partial charge in [-0.3, -0.25) is 4.79 Å². The van der Waals surface area contributed by atoms with Gasteiger partial charge in [0.15, 0.2) is 0 Å². The maximum atomic E-state index is 12.9. The number of benzene rings is 2. The van der Waals surface area contributed by atoms with Gasteiger partial charge in [-0.25, -0.2) is 4.39 Å². The third-order valence-electron chi connectivity index (χ3n) is 3.62. The van der Waals surface area contributed by atoms with E-state index in [1.807, 2.05) is 31.2 Å². The molecule has 0 spiro atoms. The minimum Gasteiger partial charge on any atom is -0.394 e. The number of nitrogens with one attached hydrogen (secondary N) is 1. The van der Waals surface area contributed by atoms with E-state index in [9.17, 15) is 9.18 Å². The van der Waals surface area contributed by atoms with Crippen LogP contribution in [0.25, 0.3) is 0 Å². The predicted molar refractivity (Wildman–Crippen MR) is 90.1 cm³/mol. The molecule has 0 saturated heterocycles. The monoisotopic (exact) mass is 331 g/mol. The maximum absolute atomic E-state index is 12.9. The van der Waals surface area contributed by atoms with Gasteiger partial charge in [0, 0.05) is 6.54 Å². The van der Waals surface area contributed by atoms with Crippen LogP contribution in [0.5, 0.6) is 0 Å². The number of amides is 1. The van der Waals surface area contributed by atoms with Crippen molar-refractivity contribution in [2.45, 2.75) is 19.4 Å². The third kappa shape index (κ3) is 5.76. The predicted octanol–water partition coefficient (Wildman–Crippen LogP) is 2.54. The fourth-order valence-corrected chi connectivity index (χ4v) is 2.31. The van der Waals surface area contributed by atoms with Gasteiger partial charge in [-0.1, -0.05) is 42.0 Å². The fourth-order valence-electron chi connectivity index (χ4n) is 2.31. The van der Waals surface area contributed by atoms with Crippen LogP contribution in [-0.4, -0.2) is 30.8 Å². The van der Waals surface area contributed by atoms with Crippen LogP contribution in [0.3, 0.4) is 0 Å². The second kappa shape index (κ2) is 9.15. The van der Waals surface area contributed by atoms with Crippen molar-refractivity contribution in [2.24, 2.45) is 0 Å². The minimum absolute atomic E-state index is 0.0775. The Bertz CT molecular complexity index is 641. The molecule has 2 rings (SSSR count). The van der Waals surface area contributed by atoms with Gasteiger partial charge < -0.3 is 15.2 Å². The number of aryl methyl sites for hydroxylation is 1. The molecule has 128 valence electrons. The van der Waals surface area contributed by atoms with Crippen molar-refractivity contribution in [2.75, 3.05) is 19.8 Å². The van der Waals surface area contributed by atoms with Gasteiger partial charge in [0.05, 0.1) is 25.7 Å². The Balaban J connectivity index is 1.92. The summed E-state index contributed by atoms with van der Waals surface area (Å²) in [4.78, 5) is 12.1. The zero-order chi connectivity index (χ0) is 17.4. The molecule has 0 aliphatic rings. The normalized spacial score (nSPS) is 12.0. The van der Waals surface area contributed by atoms with E-state index in [0.29, 0.717) is 6.54 Å². The standard InChI is InChI=1S/C19H22FNO3/c1-14-2-6-16(7-3-14)18(24-11-10-22)13-21-19(23)12-15-4-8-17(20)9-5-15/h2-9,18,22H,10-13H2,1H3,(H,21,23). The molecule has 0 saturated carbocycles. The molecule has 5 heteroatoms. The van der Waals surface area contributed by atoms with E-state index in [1.165, 1.54) is 12.1 Å². The van der Waals surface area contributed by atoms with E-state index in [4.69, 9.17) is 9.84 Å². The van der Waals surface area contributed by atoms with E-state index in [2.05, 4.69) is 5.32 Å². The van der Waals surface area contributed by atoms with Crippen molar-refractivity contribution in [3.8, 4) is 0 Å². The van der Waals surface area contributed by atoms with Gasteiger partial charge in [-0.05, 0) is 30.2 Å². The Hall–Kier alpha value is -2.24. The third-order valence-corrected chi connectivity index (χ3v) is 3.62. The SMILES string of the molecule is Cc1ccc(C(CNC(=O)Cc2ccc(F)cc2)OCCO)cc1. The van der Waals surface area contributed by atoms with Crippen LogP contribution in [0, 0.1) is 12.7 Å². The Kier molecular flexibility index (Phi) is 6.90. The Morgan fingerprint density at radius 1 is 1.17 bits per heavy atom. The largest absolute Gasteiger partial charge is 0.394 e. The first-order chi connectivity index (χ1) is 11.6. The van der Waals surface area contributed by atoms with Crippen LogP contribution in [0.4, 0.5) is 4.39 Å². The lowest BCUT2D eigenvalue weighted by Gasteiger charge is -2.19. The summed E-state index contributed by atoms with van der Waals surface area (Å²) in [5, 5.41) is 11.8. The quantitative estimate of drug-likeness (QED) is 0.781. The average Bonchev–Trinajstić information content (AvgIpc) is 2.58. The molecule has 0 bridgehead atoms. The molecule has 0 aliphatic carbocycles. The summed E-state index contributed by atoms with van der Waals surface area (Å²) < 4.78 is 18.5. The van der Waals surface area contributed by atoms with Gasteiger partial charge in [0.1, 0.15) is 5.82 Å². The molecule has 24 heavy (non-hydrogen) atoms. The van der Waals surface area contributed by atoms with Crippen molar-refractivity contribution in [3.63, 3.8) is 0 Å². The summed E-state index contributed by atoms with van der Waals surface area (Å²) in [6.45, 7) is 2.43. The summed E-state index contributed by atoms with van der Waals surface area (Å²) in [7, 11) is 0. The number of aliphatic hydroxyl groups is 1. The number of hydrogen-bond acceptors (Lipinski definition) is 3. The summed E-state index contributed by atoms with van der Waals surface area (Å²) in [6, 6.07) is 13.7. The molecule has 2 N–H and O–H groups in total. The molecule has 1 atom stereocenters. The Morgan fingerprint density at radius 2 is 1.83 bits per heavy atom. The molecular weight excluding hydrogens is 309 g/mol. The lowest BCUT2D eigenvalue weighted by atomic mass is 10.1. The number of rotatable bonds is 8. The van der Waals surface area contributed by atoms with Gasteiger partial charge in [-0.2, -0.15) is 0 Å². The Labute approximate surface area is 141 Å². The van der Waals surface area contributed by atoms with Crippen LogP contribution < -0.4 is 5.32 Å². The van der Waals surface area contributed by atoms with Crippen LogP contribution in [-0.2, 0) is 16.0 Å². The van der Waals surface area contributed by atoms with Crippen LogP contribution in [0.1, 0.15) is 22.8 Å². The molecule has 2 aromatic rings. The van der Waals surface area contributed by atoms with E-state index in [-0.39, 0.29) is 37.5 Å². The zero-order valence-electron chi connectivity index (χ0n) is 13.7. The highest BCUT2D eigenvalue weighted by molar-refractivity contribution is 5.78. The first-order valence-electron chi connectivity index (χ1n) is 7.88. The van der Waals surface area contributed by atoms with E-state index in [0.717, 1.165) is 16.7 Å². The van der Waals surface area contributed by atoms with Crippen LogP contribution in [0.2, 0.25) is 0 Å². The zero-order valence-corrected chi connectivity index (χ0v) is 13.7. The highest BCUT2D eigenvalue weighted by Crippen LogP contribution is 2.17. The molecule has 0 heterocycles. The average molecular weight is 331 g/mol. The molecule has 0 aliphatic heterocycles. The number of ether oxygens (including phenoxy) is 1. The molecule has 1 amide bonds. The second-order valence-electron chi connectivity index (χ2n) is 5.60. The van der Waals surface area contributed by atoms with Gasteiger partial charge in [-0.15, -0.1) is 0 Å². The Morgan fingerprint density at radius 3 is 2.46 bits per heavy atom. The number of aliphatic hydroxyl groups excluding tert-OH is 1. The molecule has 1 unspecified atom stereocenters. The molecule has 0 fully saturated rings. The van der Waals surface area contributed by atoms with Crippen LogP contribution in [0.15, 0.2) is 48.5 Å². The van der Waals surface area contributed by atoms with E-state index < -0.39 is 0 Å². The maximum Gasteiger partial charge on any atom is 0.224 e. The van der Waals surface area contributed by atoms with Gasteiger partial charge in [0.25, 0.3) is 0 Å². The van der Waals surface area contributed by atoms with Gasteiger partial charge in [0.2, 0.25) is 5.91 Å². The van der Waals surface area contributed by atoms with Crippen molar-refractivity contribution in [3.05, 3.63) is 71.0 Å². The fraction of sp³-hybridized carbons (Fsp3) is 0.316. The molecule has 0 aromatic heterocycles. The summed E-state index contributed by atoms with van der Waals surface area (Å²) >= 11 is 0. The topological polar surface area (TPSA) is 58.6 Å². The summed E-state index contributed by atoms with van der Waals surface area (Å²) in [5.41, 5.74) is 2.83. The molecule has 0 radical (unpaired) electrons. The lowest BCUT2D eigenvalue weighted by molar-refractivity contribution is -0.121. The highest BCUT2D eigenvalue weighted by Gasteiger charge is 2.13. The second-order valence-corrected chi connectivity index (χ2v) is 5.60. The van der Waals surface area contributed by atoms with E-state index >= 15 is 0 Å². The van der Waals surface area contributed by atoms with Crippen molar-refractivity contribution in [1.82, 2.24) is 5.32 Å². The highest BCUT2D eigenvalue weighted by atomic mass is 19.1.